The number of rotatable bonds is 3. The molecule has 0 radical (unpaired) electrons. The van der Waals surface area contributed by atoms with E-state index in [4.69, 9.17) is 4.74 Å². The van der Waals surface area contributed by atoms with Gasteiger partial charge >= 0.3 is 0 Å². The molecule has 0 aliphatic carbocycles. The fourth-order valence-corrected chi connectivity index (χ4v) is 4.05. The molecule has 2 fully saturated rings. The third kappa shape index (κ3) is 4.16. The highest BCUT2D eigenvalue weighted by Crippen LogP contribution is 2.21. The molecule has 1 aromatic rings. The number of ether oxygens (including phenoxy) is 1. The lowest BCUT2D eigenvalue weighted by molar-refractivity contribution is -0.142. The van der Waals surface area contributed by atoms with Gasteiger partial charge in [0.15, 0.2) is 0 Å². The van der Waals surface area contributed by atoms with Crippen molar-refractivity contribution in [2.45, 2.75) is 25.8 Å². The summed E-state index contributed by atoms with van der Waals surface area (Å²) < 4.78 is 5.33. The van der Waals surface area contributed by atoms with Crippen LogP contribution in [0.4, 0.5) is 5.69 Å². The third-order valence-electron chi connectivity index (χ3n) is 5.72. The lowest BCUT2D eigenvalue weighted by atomic mass is 9.96. The summed E-state index contributed by atoms with van der Waals surface area (Å²) in [4.78, 5) is 46.4. The first kappa shape index (κ1) is 20.3. The number of amidine groups is 1. The Hall–Kier alpha value is -2.94. The smallest absolute Gasteiger partial charge is 0.290 e. The van der Waals surface area contributed by atoms with Crippen molar-refractivity contribution >= 4 is 29.2 Å². The molecule has 0 spiro atoms. The van der Waals surface area contributed by atoms with E-state index in [-0.39, 0.29) is 29.5 Å². The number of anilines is 1. The van der Waals surface area contributed by atoms with Crippen LogP contribution in [0.1, 0.15) is 19.8 Å². The summed E-state index contributed by atoms with van der Waals surface area (Å²) in [6.07, 6.45) is 1.53. The normalized spacial score (nSPS) is 24.9. The number of nitrogens with one attached hydrogen (secondary N) is 1. The number of hydrogen-bond donors (Lipinski definition) is 1. The van der Waals surface area contributed by atoms with E-state index < -0.39 is 6.04 Å². The molecule has 0 bridgehead atoms. The molecule has 0 aromatic heterocycles. The topological polar surface area (TPSA) is 94.6 Å². The average molecular weight is 413 g/mol. The number of hydrazine groups is 1. The van der Waals surface area contributed by atoms with Gasteiger partial charge in [0, 0.05) is 26.2 Å². The van der Waals surface area contributed by atoms with Gasteiger partial charge in [-0.3, -0.25) is 19.8 Å². The van der Waals surface area contributed by atoms with E-state index in [1.165, 1.54) is 5.01 Å². The SMILES string of the molecule is C[C@@H]1N=C(C(=O)N2CCC[C@H](C(=O)N3CCOCC3)C2)NN(c2ccccc2)C1=O. The van der Waals surface area contributed by atoms with Crippen LogP contribution in [-0.2, 0) is 19.1 Å². The zero-order valence-corrected chi connectivity index (χ0v) is 17.1. The molecule has 160 valence electrons. The number of carbonyl (C=O) groups is 3. The standard InChI is InChI=1S/C21H27N5O4/c1-15-19(27)26(17-7-3-2-4-8-17)23-18(22-15)21(29)25-9-5-6-16(14-25)20(28)24-10-12-30-13-11-24/h2-4,7-8,15-16H,5-6,9-14H2,1H3,(H,22,23)/t15-,16-/m0/s1. The van der Waals surface area contributed by atoms with Gasteiger partial charge in [-0.15, -0.1) is 0 Å². The third-order valence-corrected chi connectivity index (χ3v) is 5.72. The molecule has 3 amide bonds. The summed E-state index contributed by atoms with van der Waals surface area (Å²) in [5.74, 6) is -0.505. The van der Waals surface area contributed by atoms with Crippen molar-refractivity contribution < 1.29 is 19.1 Å². The Balaban J connectivity index is 1.45. The molecule has 4 rings (SSSR count). The van der Waals surface area contributed by atoms with Crippen molar-refractivity contribution in [3.05, 3.63) is 30.3 Å². The van der Waals surface area contributed by atoms with Crippen molar-refractivity contribution in [2.75, 3.05) is 44.4 Å². The van der Waals surface area contributed by atoms with E-state index in [1.807, 2.05) is 23.1 Å². The molecule has 30 heavy (non-hydrogen) atoms. The monoisotopic (exact) mass is 413 g/mol. The van der Waals surface area contributed by atoms with Crippen LogP contribution in [0.15, 0.2) is 35.3 Å². The molecule has 3 heterocycles. The predicted molar refractivity (Wildman–Crippen MR) is 111 cm³/mol. The first-order valence-corrected chi connectivity index (χ1v) is 10.4. The summed E-state index contributed by atoms with van der Waals surface area (Å²) in [5.41, 5.74) is 3.53. The molecular formula is C21H27N5O4. The van der Waals surface area contributed by atoms with Gasteiger partial charge in [-0.2, -0.15) is 0 Å². The number of para-hydroxylation sites is 1. The average Bonchev–Trinajstić information content (AvgIpc) is 2.81. The van der Waals surface area contributed by atoms with Gasteiger partial charge in [-0.25, -0.2) is 10.0 Å². The van der Waals surface area contributed by atoms with E-state index in [1.54, 1.807) is 24.0 Å². The fraction of sp³-hybridized carbons (Fsp3) is 0.524. The number of morpholine rings is 1. The molecule has 2 saturated heterocycles. The fourth-order valence-electron chi connectivity index (χ4n) is 4.05. The second kappa shape index (κ2) is 8.83. The zero-order chi connectivity index (χ0) is 21.1. The number of aliphatic imine (C=N–C) groups is 1. The maximum absolute atomic E-state index is 13.2. The number of nitrogens with zero attached hydrogens (tertiary/aromatic N) is 4. The second-order valence-electron chi connectivity index (χ2n) is 7.80. The molecule has 3 aliphatic rings. The molecule has 1 aromatic carbocycles. The largest absolute Gasteiger partial charge is 0.378 e. The van der Waals surface area contributed by atoms with Crippen LogP contribution in [0, 0.1) is 5.92 Å². The Morgan fingerprint density at radius 3 is 2.57 bits per heavy atom. The van der Waals surface area contributed by atoms with Crippen LogP contribution < -0.4 is 10.4 Å². The van der Waals surface area contributed by atoms with Gasteiger partial charge in [0.2, 0.25) is 11.7 Å². The minimum absolute atomic E-state index is 0.0869. The summed E-state index contributed by atoms with van der Waals surface area (Å²) in [6.45, 7) is 4.93. The quantitative estimate of drug-likeness (QED) is 0.775. The molecule has 1 N–H and O–H groups in total. The first-order valence-electron chi connectivity index (χ1n) is 10.4. The van der Waals surface area contributed by atoms with Crippen LogP contribution in [0.2, 0.25) is 0 Å². The lowest BCUT2D eigenvalue weighted by Crippen LogP contribution is -2.59. The van der Waals surface area contributed by atoms with Crippen molar-refractivity contribution in [1.82, 2.24) is 15.2 Å². The number of piperidine rings is 1. The van der Waals surface area contributed by atoms with Gasteiger partial charge in [0.1, 0.15) is 6.04 Å². The number of amides is 3. The Bertz CT molecular complexity index is 837. The highest BCUT2D eigenvalue weighted by Gasteiger charge is 2.36. The van der Waals surface area contributed by atoms with Gasteiger partial charge in [0.05, 0.1) is 24.8 Å². The minimum Gasteiger partial charge on any atom is -0.378 e. The summed E-state index contributed by atoms with van der Waals surface area (Å²) in [7, 11) is 0. The van der Waals surface area contributed by atoms with E-state index in [2.05, 4.69) is 10.4 Å². The molecular weight excluding hydrogens is 386 g/mol. The van der Waals surface area contributed by atoms with Crippen LogP contribution in [-0.4, -0.2) is 78.8 Å². The number of benzene rings is 1. The van der Waals surface area contributed by atoms with Crippen molar-refractivity contribution in [3.63, 3.8) is 0 Å². The maximum Gasteiger partial charge on any atom is 0.290 e. The summed E-state index contributed by atoms with van der Waals surface area (Å²) in [5, 5.41) is 1.37. The molecule has 9 heteroatoms. The number of likely N-dealkylation sites (tertiary alicyclic amines) is 1. The molecule has 9 nitrogen and oxygen atoms in total. The molecule has 3 aliphatic heterocycles. The molecule has 2 atom stereocenters. The van der Waals surface area contributed by atoms with Gasteiger partial charge in [0.25, 0.3) is 11.8 Å². The van der Waals surface area contributed by atoms with Crippen LogP contribution in [0.5, 0.6) is 0 Å². The van der Waals surface area contributed by atoms with E-state index in [9.17, 15) is 14.4 Å². The summed E-state index contributed by atoms with van der Waals surface area (Å²) >= 11 is 0. The van der Waals surface area contributed by atoms with Gasteiger partial charge in [-0.05, 0) is 31.9 Å². The predicted octanol–water partition coefficient (Wildman–Crippen LogP) is 0.422. The van der Waals surface area contributed by atoms with E-state index in [0.717, 1.165) is 12.8 Å². The highest BCUT2D eigenvalue weighted by molar-refractivity contribution is 6.39. The van der Waals surface area contributed by atoms with E-state index >= 15 is 0 Å². The number of carbonyl (C=O) groups excluding carboxylic acids is 3. The van der Waals surface area contributed by atoms with Crippen LogP contribution in [0.3, 0.4) is 0 Å². The van der Waals surface area contributed by atoms with Crippen molar-refractivity contribution in [2.24, 2.45) is 10.9 Å². The Morgan fingerprint density at radius 2 is 1.83 bits per heavy atom. The van der Waals surface area contributed by atoms with Crippen molar-refractivity contribution in [3.8, 4) is 0 Å². The minimum atomic E-state index is -0.666. The zero-order valence-electron chi connectivity index (χ0n) is 17.1. The maximum atomic E-state index is 13.2. The van der Waals surface area contributed by atoms with Gasteiger partial charge in [-0.1, -0.05) is 18.2 Å². The van der Waals surface area contributed by atoms with Gasteiger partial charge < -0.3 is 14.5 Å². The van der Waals surface area contributed by atoms with Crippen LogP contribution in [0.25, 0.3) is 0 Å². The Kier molecular flexibility index (Phi) is 5.98. The van der Waals surface area contributed by atoms with Crippen LogP contribution >= 0.6 is 0 Å². The van der Waals surface area contributed by atoms with E-state index in [0.29, 0.717) is 45.1 Å². The Morgan fingerprint density at radius 1 is 1.10 bits per heavy atom. The molecule has 0 saturated carbocycles. The molecule has 0 unspecified atom stereocenters. The summed E-state index contributed by atoms with van der Waals surface area (Å²) in [6, 6.07) is 8.44. The first-order chi connectivity index (χ1) is 14.5. The second-order valence-corrected chi connectivity index (χ2v) is 7.80. The number of hydrogen-bond acceptors (Lipinski definition) is 6. The lowest BCUT2D eigenvalue weighted by Gasteiger charge is -2.37. The highest BCUT2D eigenvalue weighted by atomic mass is 16.5. The van der Waals surface area contributed by atoms with Crippen molar-refractivity contribution in [1.29, 1.82) is 0 Å². The Labute approximate surface area is 175 Å².